The van der Waals surface area contributed by atoms with Crippen LogP contribution in [-0.4, -0.2) is 24.8 Å². The first-order chi connectivity index (χ1) is 12.0. The minimum atomic E-state index is -1.20. The fourth-order valence-electron chi connectivity index (χ4n) is 2.18. The van der Waals surface area contributed by atoms with Crippen molar-refractivity contribution >= 4 is 23.4 Å². The van der Waals surface area contributed by atoms with Crippen molar-refractivity contribution in [2.45, 2.75) is 13.3 Å². The highest BCUT2D eigenvalue weighted by Crippen LogP contribution is 2.20. The zero-order valence-corrected chi connectivity index (χ0v) is 13.9. The Morgan fingerprint density at radius 3 is 2.52 bits per heavy atom. The summed E-state index contributed by atoms with van der Waals surface area (Å²) in [6.45, 7) is 1.70. The molecule has 2 rings (SSSR count). The Kier molecular flexibility index (Phi) is 6.11. The summed E-state index contributed by atoms with van der Waals surface area (Å²) in [6, 6.07) is 13.5. The Balaban J connectivity index is 2.08. The normalized spacial score (nSPS) is 10.9. The number of aliphatic carboxylic acids is 1. The van der Waals surface area contributed by atoms with Crippen LogP contribution in [0.4, 0.5) is 10.5 Å². The van der Waals surface area contributed by atoms with E-state index in [-0.39, 0.29) is 6.42 Å². The number of anilines is 1. The summed E-state index contributed by atoms with van der Waals surface area (Å²) in [6.07, 6.45) is -0.272. The predicted molar refractivity (Wildman–Crippen MR) is 92.5 cm³/mol. The molecule has 0 aromatic heterocycles. The van der Waals surface area contributed by atoms with Gasteiger partial charge in [0.2, 0.25) is 0 Å². The summed E-state index contributed by atoms with van der Waals surface area (Å²) in [7, 11) is 1.46. The van der Waals surface area contributed by atoms with Gasteiger partial charge in [-0.25, -0.2) is 10.2 Å². The van der Waals surface area contributed by atoms with E-state index < -0.39 is 12.0 Å². The number of ether oxygens (including phenoxy) is 1. The largest absolute Gasteiger partial charge is 0.550 e. The number of hydrogen-bond acceptors (Lipinski definition) is 5. The van der Waals surface area contributed by atoms with E-state index in [1.807, 2.05) is 6.07 Å². The van der Waals surface area contributed by atoms with Crippen LogP contribution < -0.4 is 20.6 Å². The molecule has 2 amide bonds. The van der Waals surface area contributed by atoms with Crippen LogP contribution in [-0.2, 0) is 11.2 Å². The molecule has 0 atom stereocenters. The topological polar surface area (TPSA) is 103 Å². The number of para-hydroxylation sites is 1. The van der Waals surface area contributed by atoms with Crippen molar-refractivity contribution in [2.75, 3.05) is 12.4 Å². The van der Waals surface area contributed by atoms with Crippen molar-refractivity contribution in [3.05, 3.63) is 59.7 Å². The van der Waals surface area contributed by atoms with Gasteiger partial charge < -0.3 is 20.0 Å². The van der Waals surface area contributed by atoms with Crippen LogP contribution in [0, 0.1) is 0 Å². The van der Waals surface area contributed by atoms with Gasteiger partial charge in [-0.3, -0.25) is 0 Å². The zero-order valence-electron chi connectivity index (χ0n) is 13.9. The molecule has 7 nitrogen and oxygen atoms in total. The summed E-state index contributed by atoms with van der Waals surface area (Å²) in [5.41, 5.74) is 4.70. The number of hydrogen-bond donors (Lipinski definition) is 2. The van der Waals surface area contributed by atoms with Crippen LogP contribution in [0.3, 0.4) is 0 Å². The number of urea groups is 1. The van der Waals surface area contributed by atoms with Gasteiger partial charge in [0.25, 0.3) is 0 Å². The van der Waals surface area contributed by atoms with Crippen LogP contribution in [0.2, 0.25) is 0 Å². The summed E-state index contributed by atoms with van der Waals surface area (Å²) in [4.78, 5) is 22.7. The van der Waals surface area contributed by atoms with E-state index in [1.54, 1.807) is 49.4 Å². The van der Waals surface area contributed by atoms with E-state index in [9.17, 15) is 14.7 Å². The molecule has 0 bridgehead atoms. The first-order valence-electron chi connectivity index (χ1n) is 7.53. The summed E-state index contributed by atoms with van der Waals surface area (Å²) in [5.74, 6) is -0.749. The van der Waals surface area contributed by atoms with E-state index in [0.29, 0.717) is 28.3 Å². The number of carboxylic acid groups (broad SMARTS) is 1. The smallest absolute Gasteiger partial charge is 0.339 e. The average molecular weight is 340 g/mol. The standard InChI is InChI=1S/C18H19N3O4/c1-12(20-21-18(24)19-15-6-4-3-5-7-15)13-8-9-16(25-2)14(10-13)11-17(22)23/h3-10H,11H2,1-2H3,(H,22,23)(H2,19,21,24)/p-1/b20-12-. The van der Waals surface area contributed by atoms with Gasteiger partial charge in [-0.15, -0.1) is 0 Å². The van der Waals surface area contributed by atoms with Gasteiger partial charge in [0.15, 0.2) is 0 Å². The van der Waals surface area contributed by atoms with Gasteiger partial charge in [0.05, 0.1) is 12.8 Å². The minimum absolute atomic E-state index is 0.272. The van der Waals surface area contributed by atoms with Gasteiger partial charge in [-0.1, -0.05) is 18.2 Å². The number of carboxylic acids is 1. The predicted octanol–water partition coefficient (Wildman–Crippen LogP) is 1.53. The molecule has 0 aliphatic heterocycles. The molecule has 0 radical (unpaired) electrons. The Labute approximate surface area is 145 Å². The molecular weight excluding hydrogens is 322 g/mol. The fourth-order valence-corrected chi connectivity index (χ4v) is 2.18. The highest BCUT2D eigenvalue weighted by molar-refractivity contribution is 6.00. The second-order valence-corrected chi connectivity index (χ2v) is 5.20. The number of carbonyl (C=O) groups is 2. The number of nitrogens with zero attached hydrogens (tertiary/aromatic N) is 1. The van der Waals surface area contributed by atoms with Crippen molar-refractivity contribution in [1.82, 2.24) is 5.43 Å². The fraction of sp³-hybridized carbons (Fsp3) is 0.167. The third-order valence-electron chi connectivity index (χ3n) is 3.39. The van der Waals surface area contributed by atoms with E-state index in [1.165, 1.54) is 7.11 Å². The van der Waals surface area contributed by atoms with E-state index in [2.05, 4.69) is 15.8 Å². The number of carbonyl (C=O) groups excluding carboxylic acids is 2. The van der Waals surface area contributed by atoms with E-state index in [0.717, 1.165) is 0 Å². The molecule has 2 aromatic carbocycles. The monoisotopic (exact) mass is 340 g/mol. The molecule has 0 fully saturated rings. The third-order valence-corrected chi connectivity index (χ3v) is 3.39. The number of methoxy groups -OCH3 is 1. The molecule has 130 valence electrons. The van der Waals surface area contributed by atoms with Crippen molar-refractivity contribution in [3.8, 4) is 5.75 Å². The molecule has 7 heteroatoms. The number of benzene rings is 2. The maximum atomic E-state index is 11.8. The lowest BCUT2D eigenvalue weighted by Gasteiger charge is -2.11. The third kappa shape index (κ3) is 5.35. The molecule has 0 aliphatic carbocycles. The molecule has 0 saturated heterocycles. The van der Waals surface area contributed by atoms with Crippen molar-refractivity contribution in [3.63, 3.8) is 0 Å². The molecule has 2 N–H and O–H groups in total. The molecular formula is C18H18N3O4-. The van der Waals surface area contributed by atoms with Gasteiger partial charge >= 0.3 is 6.03 Å². The van der Waals surface area contributed by atoms with Crippen LogP contribution in [0.15, 0.2) is 53.6 Å². The summed E-state index contributed by atoms with van der Waals surface area (Å²) < 4.78 is 5.13. The Morgan fingerprint density at radius 2 is 1.88 bits per heavy atom. The van der Waals surface area contributed by atoms with Crippen molar-refractivity contribution in [2.24, 2.45) is 5.10 Å². The molecule has 0 unspecified atom stereocenters. The number of nitrogens with one attached hydrogen (secondary N) is 2. The van der Waals surface area contributed by atoms with Crippen molar-refractivity contribution in [1.29, 1.82) is 0 Å². The Morgan fingerprint density at radius 1 is 1.16 bits per heavy atom. The molecule has 2 aromatic rings. The Bertz CT molecular complexity index is 788. The number of amides is 2. The van der Waals surface area contributed by atoms with Crippen LogP contribution in [0.25, 0.3) is 0 Å². The lowest BCUT2D eigenvalue weighted by molar-refractivity contribution is -0.304. The van der Waals surface area contributed by atoms with Crippen molar-refractivity contribution < 1.29 is 19.4 Å². The molecule has 25 heavy (non-hydrogen) atoms. The van der Waals surface area contributed by atoms with Crippen LogP contribution in [0.5, 0.6) is 5.75 Å². The highest BCUT2D eigenvalue weighted by atomic mass is 16.5. The summed E-state index contributed by atoms with van der Waals surface area (Å²) in [5, 5.41) is 17.5. The molecule has 0 spiro atoms. The summed E-state index contributed by atoms with van der Waals surface area (Å²) >= 11 is 0. The van der Waals surface area contributed by atoms with E-state index >= 15 is 0 Å². The molecule has 0 aliphatic rings. The maximum absolute atomic E-state index is 11.8. The van der Waals surface area contributed by atoms with Gasteiger partial charge in [0.1, 0.15) is 5.75 Å². The first kappa shape index (κ1) is 18.0. The zero-order chi connectivity index (χ0) is 18.2. The maximum Gasteiger partial charge on any atom is 0.339 e. The minimum Gasteiger partial charge on any atom is -0.550 e. The number of hydrazone groups is 1. The van der Waals surface area contributed by atoms with Crippen LogP contribution in [0.1, 0.15) is 18.1 Å². The number of rotatable bonds is 6. The first-order valence-corrected chi connectivity index (χ1v) is 7.53. The SMILES string of the molecule is COc1ccc(/C(C)=N\NC(=O)Nc2ccccc2)cc1CC(=O)[O-]. The quantitative estimate of drug-likeness (QED) is 0.615. The second-order valence-electron chi connectivity index (χ2n) is 5.20. The highest BCUT2D eigenvalue weighted by Gasteiger charge is 2.07. The van der Waals surface area contributed by atoms with E-state index in [4.69, 9.17) is 4.74 Å². The lowest BCUT2D eigenvalue weighted by Crippen LogP contribution is -2.25. The average Bonchev–Trinajstić information content (AvgIpc) is 2.60. The molecule has 0 saturated carbocycles. The van der Waals surface area contributed by atoms with Gasteiger partial charge in [0, 0.05) is 23.6 Å². The van der Waals surface area contributed by atoms with Crippen LogP contribution >= 0.6 is 0 Å². The Hall–Kier alpha value is -3.35. The van der Waals surface area contributed by atoms with Gasteiger partial charge in [-0.2, -0.15) is 5.10 Å². The lowest BCUT2D eigenvalue weighted by atomic mass is 10.0. The second kappa shape index (κ2) is 8.49. The molecule has 0 heterocycles. The van der Waals surface area contributed by atoms with Gasteiger partial charge in [-0.05, 0) is 42.8 Å².